The summed E-state index contributed by atoms with van der Waals surface area (Å²) in [6.45, 7) is 4.73. The number of thioether (sulfide) groups is 1. The Kier molecular flexibility index (Phi) is 5.37. The fraction of sp³-hybridized carbons (Fsp3) is 0.706. The van der Waals surface area contributed by atoms with Gasteiger partial charge in [0.15, 0.2) is 0 Å². The maximum absolute atomic E-state index is 13.2. The molecule has 3 atom stereocenters. The fourth-order valence-corrected chi connectivity index (χ4v) is 5.39. The number of nitrogens with zero attached hydrogens (tertiary/aromatic N) is 2. The summed E-state index contributed by atoms with van der Waals surface area (Å²) in [5, 5.41) is 10.3. The lowest BCUT2D eigenvalue weighted by Gasteiger charge is -2.26. The number of hydrogen-bond donors (Lipinski definition) is 1. The van der Waals surface area contributed by atoms with Gasteiger partial charge in [0.1, 0.15) is 0 Å². The van der Waals surface area contributed by atoms with Crippen molar-refractivity contribution in [2.24, 2.45) is 0 Å². The first-order valence-corrected chi connectivity index (χ1v) is 9.30. The predicted octanol–water partition coefficient (Wildman–Crippen LogP) is 3.18. The van der Waals surface area contributed by atoms with Crippen LogP contribution in [0, 0.1) is 5.95 Å². The Balaban J connectivity index is 1.58. The third-order valence-electron chi connectivity index (χ3n) is 5.00. The van der Waals surface area contributed by atoms with Gasteiger partial charge in [0.2, 0.25) is 5.95 Å². The van der Waals surface area contributed by atoms with E-state index in [2.05, 4.69) is 16.8 Å². The second kappa shape index (κ2) is 7.28. The zero-order chi connectivity index (χ0) is 15.5. The van der Waals surface area contributed by atoms with E-state index >= 15 is 0 Å². The molecule has 122 valence electrons. The minimum absolute atomic E-state index is 0.278. The summed E-state index contributed by atoms with van der Waals surface area (Å²) in [4.78, 5) is 6.37. The maximum Gasteiger partial charge on any atom is 0.213 e. The van der Waals surface area contributed by atoms with Crippen LogP contribution in [0.25, 0.3) is 0 Å². The Morgan fingerprint density at radius 2 is 2.36 bits per heavy atom. The van der Waals surface area contributed by atoms with Crippen molar-refractivity contribution >= 4 is 11.8 Å². The van der Waals surface area contributed by atoms with Gasteiger partial charge in [-0.1, -0.05) is 6.92 Å². The predicted molar refractivity (Wildman–Crippen MR) is 88.6 cm³/mol. The Bertz CT molecular complexity index is 513. The van der Waals surface area contributed by atoms with Crippen LogP contribution in [0.5, 0.6) is 0 Å². The molecule has 0 radical (unpaired) electrons. The van der Waals surface area contributed by atoms with Crippen molar-refractivity contribution in [3.63, 3.8) is 0 Å². The number of aryl methyl sites for hydroxylation is 1. The van der Waals surface area contributed by atoms with Gasteiger partial charge < -0.3 is 5.11 Å². The van der Waals surface area contributed by atoms with Crippen LogP contribution in [0.2, 0.25) is 0 Å². The monoisotopic (exact) mass is 324 g/mol. The summed E-state index contributed by atoms with van der Waals surface area (Å²) in [5.41, 5.74) is 2.39. The van der Waals surface area contributed by atoms with Gasteiger partial charge in [-0.2, -0.15) is 4.39 Å². The second-order valence-electron chi connectivity index (χ2n) is 6.35. The highest BCUT2D eigenvalue weighted by Crippen LogP contribution is 2.44. The van der Waals surface area contributed by atoms with Crippen molar-refractivity contribution in [2.75, 3.05) is 19.7 Å². The minimum Gasteiger partial charge on any atom is -0.396 e. The van der Waals surface area contributed by atoms with E-state index in [-0.39, 0.29) is 12.6 Å². The summed E-state index contributed by atoms with van der Waals surface area (Å²) >= 11 is 2.05. The molecular weight excluding hydrogens is 299 g/mol. The van der Waals surface area contributed by atoms with Gasteiger partial charge in [-0.3, -0.25) is 4.90 Å². The van der Waals surface area contributed by atoms with Crippen LogP contribution in [0.1, 0.15) is 49.0 Å². The quantitative estimate of drug-likeness (QED) is 0.816. The first-order valence-electron chi connectivity index (χ1n) is 8.36. The van der Waals surface area contributed by atoms with Crippen molar-refractivity contribution in [2.45, 2.75) is 55.6 Å². The van der Waals surface area contributed by atoms with Crippen LogP contribution in [-0.4, -0.2) is 46.0 Å². The van der Waals surface area contributed by atoms with E-state index in [9.17, 15) is 9.50 Å². The van der Waals surface area contributed by atoms with Gasteiger partial charge >= 0.3 is 0 Å². The molecule has 3 rings (SSSR count). The smallest absolute Gasteiger partial charge is 0.213 e. The van der Waals surface area contributed by atoms with E-state index < -0.39 is 0 Å². The van der Waals surface area contributed by atoms with Crippen LogP contribution in [0.4, 0.5) is 4.39 Å². The second-order valence-corrected chi connectivity index (χ2v) is 7.86. The molecule has 5 heteroatoms. The van der Waals surface area contributed by atoms with Gasteiger partial charge in [-0.25, -0.2) is 4.98 Å². The van der Waals surface area contributed by atoms with Crippen molar-refractivity contribution in [3.05, 3.63) is 29.3 Å². The van der Waals surface area contributed by atoms with E-state index in [0.717, 1.165) is 44.3 Å². The molecule has 0 saturated carbocycles. The van der Waals surface area contributed by atoms with E-state index in [4.69, 9.17) is 0 Å². The number of aromatic nitrogens is 1. The molecule has 1 N–H and O–H groups in total. The van der Waals surface area contributed by atoms with Crippen LogP contribution in [0.15, 0.2) is 12.3 Å². The van der Waals surface area contributed by atoms with Crippen LogP contribution < -0.4 is 0 Å². The van der Waals surface area contributed by atoms with Crippen molar-refractivity contribution < 1.29 is 9.50 Å². The number of halogens is 1. The van der Waals surface area contributed by atoms with E-state index in [1.807, 2.05) is 11.8 Å². The molecule has 1 aromatic heterocycles. The van der Waals surface area contributed by atoms with Gasteiger partial charge in [0.25, 0.3) is 0 Å². The molecule has 1 aliphatic carbocycles. The number of rotatable bonds is 6. The zero-order valence-corrected chi connectivity index (χ0v) is 14.0. The highest BCUT2D eigenvalue weighted by Gasteiger charge is 2.32. The average Bonchev–Trinajstić information content (AvgIpc) is 3.12. The Morgan fingerprint density at radius 3 is 3.14 bits per heavy atom. The molecule has 2 aliphatic rings. The van der Waals surface area contributed by atoms with E-state index in [1.165, 1.54) is 12.0 Å². The average molecular weight is 324 g/mol. The third kappa shape index (κ3) is 3.47. The lowest BCUT2D eigenvalue weighted by molar-refractivity contribution is 0.180. The number of aliphatic hydroxyl groups is 1. The Morgan fingerprint density at radius 1 is 1.50 bits per heavy atom. The van der Waals surface area contributed by atoms with Gasteiger partial charge in [0.05, 0.1) is 0 Å². The standard InChI is InChI=1S/C17H25FN2OS/c1-2-13(6-8-21)20-7-5-14(11-20)22-16-4-3-12-9-17(18)19-10-15(12)16/h9-10,13-14,16,21H,2-8,11H2,1H3. The number of aliphatic hydroxyl groups excluding tert-OH is 1. The molecule has 0 amide bonds. The first-order chi connectivity index (χ1) is 10.7. The molecule has 0 aromatic carbocycles. The number of fused-ring (bicyclic) bond motifs is 1. The first kappa shape index (κ1) is 16.2. The van der Waals surface area contributed by atoms with Crippen LogP contribution >= 0.6 is 11.8 Å². The van der Waals surface area contributed by atoms with Crippen LogP contribution in [-0.2, 0) is 6.42 Å². The Hall–Kier alpha value is -0.650. The molecule has 3 nitrogen and oxygen atoms in total. The number of pyridine rings is 1. The molecule has 1 saturated heterocycles. The van der Waals surface area contributed by atoms with Gasteiger partial charge in [-0.05, 0) is 55.8 Å². The van der Waals surface area contributed by atoms with Crippen molar-refractivity contribution in [3.8, 4) is 0 Å². The summed E-state index contributed by atoms with van der Waals surface area (Å²) in [6, 6.07) is 2.12. The minimum atomic E-state index is -0.355. The van der Waals surface area contributed by atoms with Crippen molar-refractivity contribution in [1.29, 1.82) is 0 Å². The molecule has 3 unspecified atom stereocenters. The molecule has 0 bridgehead atoms. The van der Waals surface area contributed by atoms with E-state index in [1.54, 1.807) is 12.3 Å². The summed E-state index contributed by atoms with van der Waals surface area (Å²) in [5.74, 6) is -0.355. The summed E-state index contributed by atoms with van der Waals surface area (Å²) < 4.78 is 13.2. The van der Waals surface area contributed by atoms with Crippen molar-refractivity contribution in [1.82, 2.24) is 9.88 Å². The normalized spacial score (nSPS) is 26.3. The molecule has 1 fully saturated rings. The van der Waals surface area contributed by atoms with Gasteiger partial charge in [-0.15, -0.1) is 11.8 Å². The fourth-order valence-electron chi connectivity index (χ4n) is 3.79. The summed E-state index contributed by atoms with van der Waals surface area (Å²) in [6.07, 6.45) is 7.02. The molecule has 2 heterocycles. The highest BCUT2D eigenvalue weighted by molar-refractivity contribution is 8.00. The molecule has 22 heavy (non-hydrogen) atoms. The van der Waals surface area contributed by atoms with E-state index in [0.29, 0.717) is 16.5 Å². The summed E-state index contributed by atoms with van der Waals surface area (Å²) in [7, 11) is 0. The van der Waals surface area contributed by atoms with Crippen LogP contribution in [0.3, 0.4) is 0 Å². The number of hydrogen-bond acceptors (Lipinski definition) is 4. The Labute approximate surface area is 136 Å². The lowest BCUT2D eigenvalue weighted by Crippen LogP contribution is -2.34. The maximum atomic E-state index is 13.2. The lowest BCUT2D eigenvalue weighted by atomic mass is 10.1. The molecule has 1 aromatic rings. The largest absolute Gasteiger partial charge is 0.396 e. The SMILES string of the molecule is CCC(CCO)N1CCC(SC2CCc3cc(F)ncc32)C1. The zero-order valence-electron chi connectivity index (χ0n) is 13.2. The van der Waals surface area contributed by atoms with Gasteiger partial charge in [0, 0.05) is 35.9 Å². The molecule has 1 aliphatic heterocycles. The number of likely N-dealkylation sites (tertiary alicyclic amines) is 1. The topological polar surface area (TPSA) is 36.4 Å². The highest BCUT2D eigenvalue weighted by atomic mass is 32.2. The molecular formula is C17H25FN2OS. The third-order valence-corrected chi connectivity index (χ3v) is 6.58. The molecule has 0 spiro atoms.